The maximum Gasteiger partial charge on any atom is 0.138 e. The van der Waals surface area contributed by atoms with Gasteiger partial charge in [-0.05, 0) is 80.4 Å². The van der Waals surface area contributed by atoms with Gasteiger partial charge in [-0.2, -0.15) is 0 Å². The van der Waals surface area contributed by atoms with Crippen molar-refractivity contribution in [2.24, 2.45) is 5.92 Å². The number of methoxy groups -OCH3 is 1. The number of aromatic amines is 1. The number of likely N-dealkylation sites (tertiary alicyclic amines) is 1. The lowest BCUT2D eigenvalue weighted by atomic mass is 9.96. The van der Waals surface area contributed by atoms with Crippen LogP contribution < -0.4 is 4.74 Å². The lowest BCUT2D eigenvalue weighted by molar-refractivity contribution is 0.133. The van der Waals surface area contributed by atoms with Gasteiger partial charge in [-0.15, -0.1) is 0 Å². The summed E-state index contributed by atoms with van der Waals surface area (Å²) in [7, 11) is 1.71. The van der Waals surface area contributed by atoms with E-state index in [9.17, 15) is 0 Å². The van der Waals surface area contributed by atoms with E-state index in [-0.39, 0.29) is 0 Å². The first kappa shape index (κ1) is 20.9. The summed E-state index contributed by atoms with van der Waals surface area (Å²) in [5.41, 5.74) is 4.68. The molecule has 1 N–H and O–H groups in total. The topological polar surface area (TPSA) is 44.4 Å². The fraction of sp³-hybridized carbons (Fsp3) is 0.480. The van der Waals surface area contributed by atoms with Gasteiger partial charge in [0.15, 0.2) is 0 Å². The second-order valence-electron chi connectivity index (χ2n) is 8.34. The third-order valence-electron chi connectivity index (χ3n) is 6.45. The Balaban J connectivity index is 1.59. The molecule has 0 unspecified atom stereocenters. The zero-order valence-corrected chi connectivity index (χ0v) is 18.5. The number of pyridine rings is 1. The summed E-state index contributed by atoms with van der Waals surface area (Å²) >= 11 is 0. The second-order valence-corrected chi connectivity index (χ2v) is 8.34. The van der Waals surface area contributed by atoms with Crippen LogP contribution in [0, 0.1) is 5.92 Å². The molecular formula is C25H34N4O. The van der Waals surface area contributed by atoms with Crippen LogP contribution in [0.2, 0.25) is 0 Å². The molecule has 0 aliphatic carbocycles. The molecule has 2 aromatic heterocycles. The van der Waals surface area contributed by atoms with Gasteiger partial charge in [0.1, 0.15) is 11.4 Å². The number of rotatable bonds is 8. The van der Waals surface area contributed by atoms with Crippen molar-refractivity contribution in [1.29, 1.82) is 0 Å². The van der Waals surface area contributed by atoms with Crippen LogP contribution in [-0.4, -0.2) is 59.6 Å². The Morgan fingerprint density at radius 1 is 1.17 bits per heavy atom. The Labute approximate surface area is 180 Å². The van der Waals surface area contributed by atoms with Crippen LogP contribution in [0.3, 0.4) is 0 Å². The summed E-state index contributed by atoms with van der Waals surface area (Å²) in [6.45, 7) is 11.3. The molecule has 0 amide bonds. The van der Waals surface area contributed by atoms with Crippen LogP contribution in [-0.2, 0) is 6.54 Å². The molecule has 0 radical (unpaired) electrons. The average molecular weight is 407 g/mol. The van der Waals surface area contributed by atoms with Crippen molar-refractivity contribution >= 4 is 11.0 Å². The number of fused-ring (bicyclic) bond motifs is 1. The zero-order valence-electron chi connectivity index (χ0n) is 18.5. The number of aromatic nitrogens is 2. The molecule has 160 valence electrons. The number of hydrogen-bond acceptors (Lipinski definition) is 4. The quantitative estimate of drug-likeness (QED) is 0.584. The smallest absolute Gasteiger partial charge is 0.138 e. The van der Waals surface area contributed by atoms with Crippen molar-refractivity contribution in [2.75, 3.05) is 39.8 Å². The first-order valence-corrected chi connectivity index (χ1v) is 11.3. The second kappa shape index (κ2) is 9.63. The van der Waals surface area contributed by atoms with Crippen molar-refractivity contribution < 1.29 is 4.74 Å². The Hall–Kier alpha value is -2.37. The van der Waals surface area contributed by atoms with Gasteiger partial charge in [0, 0.05) is 36.8 Å². The molecule has 5 nitrogen and oxygen atoms in total. The summed E-state index contributed by atoms with van der Waals surface area (Å²) in [4.78, 5) is 13.4. The maximum atomic E-state index is 5.34. The molecule has 1 aromatic carbocycles. The number of nitrogens with one attached hydrogen (secondary N) is 1. The first-order chi connectivity index (χ1) is 14.7. The predicted octanol–water partition coefficient (Wildman–Crippen LogP) is 4.79. The Kier molecular flexibility index (Phi) is 6.70. The summed E-state index contributed by atoms with van der Waals surface area (Å²) in [5, 5.41) is 1.23. The fourth-order valence-electron chi connectivity index (χ4n) is 4.76. The number of benzene rings is 1. The maximum absolute atomic E-state index is 5.34. The highest BCUT2D eigenvalue weighted by Crippen LogP contribution is 2.32. The van der Waals surface area contributed by atoms with E-state index in [0.717, 1.165) is 36.9 Å². The third-order valence-corrected chi connectivity index (χ3v) is 6.45. The van der Waals surface area contributed by atoms with E-state index >= 15 is 0 Å². The van der Waals surface area contributed by atoms with Gasteiger partial charge in [-0.25, -0.2) is 4.98 Å². The minimum Gasteiger partial charge on any atom is -0.497 e. The van der Waals surface area contributed by atoms with E-state index in [1.54, 1.807) is 7.11 Å². The number of nitrogens with zero attached hydrogens (tertiary/aromatic N) is 3. The van der Waals surface area contributed by atoms with E-state index in [0.29, 0.717) is 0 Å². The predicted molar refractivity (Wildman–Crippen MR) is 124 cm³/mol. The Morgan fingerprint density at radius 2 is 1.97 bits per heavy atom. The largest absolute Gasteiger partial charge is 0.497 e. The van der Waals surface area contributed by atoms with Gasteiger partial charge < -0.3 is 14.6 Å². The van der Waals surface area contributed by atoms with Gasteiger partial charge in [0.25, 0.3) is 0 Å². The minimum atomic E-state index is 0.756. The van der Waals surface area contributed by atoms with Crippen LogP contribution in [0.1, 0.15) is 32.3 Å². The Bertz CT molecular complexity index is 945. The molecular weight excluding hydrogens is 372 g/mol. The van der Waals surface area contributed by atoms with Crippen LogP contribution in [0.15, 0.2) is 42.6 Å². The number of H-pyrrole nitrogens is 1. The monoisotopic (exact) mass is 406 g/mol. The van der Waals surface area contributed by atoms with Crippen LogP contribution in [0.4, 0.5) is 0 Å². The van der Waals surface area contributed by atoms with Gasteiger partial charge in [-0.3, -0.25) is 4.90 Å². The van der Waals surface area contributed by atoms with Crippen molar-refractivity contribution in [1.82, 2.24) is 19.8 Å². The molecule has 30 heavy (non-hydrogen) atoms. The van der Waals surface area contributed by atoms with Crippen molar-refractivity contribution in [3.63, 3.8) is 0 Å². The molecule has 0 saturated carbocycles. The van der Waals surface area contributed by atoms with E-state index < -0.39 is 0 Å². The summed E-state index contributed by atoms with van der Waals surface area (Å²) < 4.78 is 5.34. The third kappa shape index (κ3) is 4.52. The summed E-state index contributed by atoms with van der Waals surface area (Å²) in [5.74, 6) is 1.64. The first-order valence-electron chi connectivity index (χ1n) is 11.3. The molecule has 3 aromatic rings. The van der Waals surface area contributed by atoms with E-state index in [2.05, 4.69) is 51.8 Å². The Morgan fingerprint density at radius 3 is 2.70 bits per heavy atom. The van der Waals surface area contributed by atoms with E-state index in [1.165, 1.54) is 54.7 Å². The highest BCUT2D eigenvalue weighted by molar-refractivity contribution is 5.88. The molecule has 1 fully saturated rings. The van der Waals surface area contributed by atoms with Gasteiger partial charge in [0.2, 0.25) is 0 Å². The normalized spacial score (nSPS) is 17.7. The van der Waals surface area contributed by atoms with Crippen LogP contribution >= 0.6 is 0 Å². The zero-order chi connectivity index (χ0) is 20.9. The average Bonchev–Trinajstić information content (AvgIpc) is 3.16. The van der Waals surface area contributed by atoms with Crippen molar-refractivity contribution in [2.45, 2.75) is 33.2 Å². The molecule has 1 aliphatic heterocycles. The van der Waals surface area contributed by atoms with E-state index in [1.807, 2.05) is 24.4 Å². The summed E-state index contributed by atoms with van der Waals surface area (Å²) in [6, 6.07) is 12.5. The highest BCUT2D eigenvalue weighted by atomic mass is 16.5. The van der Waals surface area contributed by atoms with Gasteiger partial charge >= 0.3 is 0 Å². The van der Waals surface area contributed by atoms with Crippen molar-refractivity contribution in [3.05, 3.63) is 48.2 Å². The molecule has 5 heteroatoms. The summed E-state index contributed by atoms with van der Waals surface area (Å²) in [6.07, 6.45) is 4.49. The highest BCUT2D eigenvalue weighted by Gasteiger charge is 2.24. The molecule has 0 spiro atoms. The molecule has 1 aliphatic rings. The SMILES string of the molecule is CCN(CC)C[C@@H]1CCCN(Cc2c(-c3ccc(OC)cc3)[nH]c3ncccc23)C1. The minimum absolute atomic E-state index is 0.756. The lowest BCUT2D eigenvalue weighted by Crippen LogP contribution is -2.40. The standard InChI is InChI=1S/C25H34N4O/c1-4-28(5-2)16-19-8-7-15-29(17-19)18-23-22-9-6-14-26-25(22)27-24(23)20-10-12-21(30-3)13-11-20/h6,9-14,19H,4-5,7-8,15-18H2,1-3H3,(H,26,27)/t19-/m0/s1. The van der Waals surface area contributed by atoms with Gasteiger partial charge in [0.05, 0.1) is 12.8 Å². The van der Waals surface area contributed by atoms with E-state index in [4.69, 9.17) is 4.74 Å². The number of ether oxygens (including phenoxy) is 1. The molecule has 1 atom stereocenters. The van der Waals surface area contributed by atoms with Crippen LogP contribution in [0.5, 0.6) is 5.75 Å². The number of hydrogen-bond donors (Lipinski definition) is 1. The molecule has 0 bridgehead atoms. The van der Waals surface area contributed by atoms with Gasteiger partial charge in [-0.1, -0.05) is 13.8 Å². The van der Waals surface area contributed by atoms with Crippen molar-refractivity contribution in [3.8, 4) is 17.0 Å². The molecule has 4 rings (SSSR count). The fourth-order valence-corrected chi connectivity index (χ4v) is 4.76. The molecule has 3 heterocycles. The number of piperidine rings is 1. The van der Waals surface area contributed by atoms with Crippen LogP contribution in [0.25, 0.3) is 22.3 Å². The lowest BCUT2D eigenvalue weighted by Gasteiger charge is -2.35. The molecule has 1 saturated heterocycles.